The average molecular weight is 728 g/mol. The van der Waals surface area contributed by atoms with Gasteiger partial charge in [0, 0.05) is 74.1 Å². The molecule has 2 aliphatic rings. The van der Waals surface area contributed by atoms with Gasteiger partial charge < -0.3 is 44.6 Å². The Labute approximate surface area is 309 Å². The Morgan fingerprint density at radius 3 is 2.58 bits per heavy atom. The quantitative estimate of drug-likeness (QED) is 0.0931. The first-order chi connectivity index (χ1) is 25.9. The number of likely N-dealkylation sites (tertiary alicyclic amines) is 1. The summed E-state index contributed by atoms with van der Waals surface area (Å²) in [4.78, 5) is 34.1. The van der Waals surface area contributed by atoms with Gasteiger partial charge in [0.15, 0.2) is 11.6 Å². The number of piperidine rings is 1. The molecule has 14 nitrogen and oxygen atoms in total. The first-order valence-electron chi connectivity index (χ1n) is 18.4. The highest BCUT2D eigenvalue weighted by atomic mass is 16.5. The van der Waals surface area contributed by atoms with Gasteiger partial charge in [-0.2, -0.15) is 0 Å². The number of carboxylic acids is 1. The number of pyridine rings is 1. The third kappa shape index (κ3) is 10.5. The van der Waals surface area contributed by atoms with Crippen LogP contribution in [0.5, 0.6) is 11.5 Å². The number of carboxylic acid groups (broad SMARTS) is 1. The minimum atomic E-state index is -0.965. The lowest BCUT2D eigenvalue weighted by Crippen LogP contribution is -2.46. The third-order valence-electron chi connectivity index (χ3n) is 9.57. The summed E-state index contributed by atoms with van der Waals surface area (Å²) in [6, 6.07) is 17.0. The molecule has 0 bridgehead atoms. The van der Waals surface area contributed by atoms with Gasteiger partial charge in [-0.15, -0.1) is 10.2 Å². The smallest absolute Gasteiger partial charge is 0.329 e. The highest BCUT2D eigenvalue weighted by molar-refractivity contribution is 5.95. The summed E-state index contributed by atoms with van der Waals surface area (Å²) in [5.41, 5.74) is 2.73. The van der Waals surface area contributed by atoms with E-state index in [-0.39, 0.29) is 18.6 Å². The van der Waals surface area contributed by atoms with E-state index in [4.69, 9.17) is 24.1 Å². The van der Waals surface area contributed by atoms with Crippen molar-refractivity contribution >= 4 is 17.6 Å². The third-order valence-corrected chi connectivity index (χ3v) is 9.57. The number of carbonyl (C=O) groups excluding carboxylic acids is 1. The predicted molar refractivity (Wildman–Crippen MR) is 198 cm³/mol. The molecule has 1 saturated heterocycles. The number of unbranched alkanes of at least 4 members (excludes halogenated alkanes) is 2. The Balaban J connectivity index is 1.02. The minimum absolute atomic E-state index is 0.162. The Morgan fingerprint density at radius 2 is 1.75 bits per heavy atom. The zero-order valence-corrected chi connectivity index (χ0v) is 30.2. The number of hydrogen-bond donors (Lipinski definition) is 4. The normalized spacial score (nSPS) is 16.7. The summed E-state index contributed by atoms with van der Waals surface area (Å²) in [5.74, 6) is 1.82. The van der Waals surface area contributed by atoms with Crippen LogP contribution in [0, 0.1) is 0 Å². The van der Waals surface area contributed by atoms with Crippen molar-refractivity contribution in [1.29, 1.82) is 0 Å². The van der Waals surface area contributed by atoms with Gasteiger partial charge in [0.1, 0.15) is 18.1 Å². The highest BCUT2D eigenvalue weighted by Crippen LogP contribution is 2.37. The summed E-state index contributed by atoms with van der Waals surface area (Å²) in [6.45, 7) is 4.13. The van der Waals surface area contributed by atoms with Crippen LogP contribution in [0.15, 0.2) is 67.0 Å². The van der Waals surface area contributed by atoms with Gasteiger partial charge in [-0.3, -0.25) is 9.78 Å². The molecule has 2 aromatic heterocycles. The Bertz CT molecular complexity index is 1780. The number of H-pyrrole nitrogens is 1. The lowest BCUT2D eigenvalue weighted by atomic mass is 9.86. The second kappa shape index (κ2) is 18.6. The summed E-state index contributed by atoms with van der Waals surface area (Å²) < 4.78 is 22.6. The van der Waals surface area contributed by atoms with Gasteiger partial charge in [-0.25, -0.2) is 4.79 Å². The molecule has 2 aliphatic heterocycles. The number of nitrogens with zero attached hydrogens (tertiary/aromatic N) is 4. The van der Waals surface area contributed by atoms with E-state index in [9.17, 15) is 9.59 Å². The fourth-order valence-electron chi connectivity index (χ4n) is 6.60. The lowest BCUT2D eigenvalue weighted by Gasteiger charge is -2.40. The van der Waals surface area contributed by atoms with Crippen LogP contribution >= 0.6 is 0 Å². The van der Waals surface area contributed by atoms with Crippen LogP contribution in [0.25, 0.3) is 11.4 Å². The van der Waals surface area contributed by atoms with Gasteiger partial charge in [-0.05, 0) is 94.1 Å². The fourth-order valence-corrected chi connectivity index (χ4v) is 6.60. The van der Waals surface area contributed by atoms with Crippen molar-refractivity contribution in [2.24, 2.45) is 0 Å². The van der Waals surface area contributed by atoms with Gasteiger partial charge >= 0.3 is 5.97 Å². The number of anilines is 1. The molecule has 0 aliphatic carbocycles. The maximum Gasteiger partial charge on any atom is 0.329 e. The molecule has 14 heteroatoms. The second-order valence-electron chi connectivity index (χ2n) is 13.5. The van der Waals surface area contributed by atoms with Crippen LogP contribution < -0.4 is 20.1 Å². The lowest BCUT2D eigenvalue weighted by molar-refractivity contribution is -0.142. The summed E-state index contributed by atoms with van der Waals surface area (Å²) in [5, 5.41) is 24.6. The number of carbonyl (C=O) groups is 2. The summed E-state index contributed by atoms with van der Waals surface area (Å²) in [7, 11) is 2.12. The average Bonchev–Trinajstić information content (AvgIpc) is 3.68. The Hall–Kier alpha value is -5.05. The molecule has 2 aromatic carbocycles. The second-order valence-corrected chi connectivity index (χ2v) is 13.5. The van der Waals surface area contributed by atoms with Gasteiger partial charge in [-0.1, -0.05) is 6.07 Å². The van der Waals surface area contributed by atoms with E-state index in [0.717, 1.165) is 79.3 Å². The summed E-state index contributed by atoms with van der Waals surface area (Å²) in [6.07, 6.45) is 9.17. The molecule has 0 radical (unpaired) electrons. The number of ether oxygens (including phenoxy) is 4. The van der Waals surface area contributed by atoms with E-state index in [1.807, 2.05) is 54.6 Å². The molecule has 0 spiro atoms. The van der Waals surface area contributed by atoms with Crippen LogP contribution in [0.2, 0.25) is 0 Å². The molecule has 1 atom stereocenters. The number of fused-ring (bicyclic) bond motifs is 1. The first-order valence-corrected chi connectivity index (χ1v) is 18.4. The van der Waals surface area contributed by atoms with Crippen molar-refractivity contribution in [3.8, 4) is 22.9 Å². The molecule has 4 aromatic rings. The van der Waals surface area contributed by atoms with Crippen LogP contribution in [-0.2, 0) is 19.8 Å². The molecule has 0 saturated carbocycles. The van der Waals surface area contributed by atoms with Crippen LogP contribution in [0.4, 0.5) is 5.69 Å². The standard InChI is InChI=1S/C39H49N7O7/c1-46-18-14-39(15-19-46,38-42-36(44-45-38)28-11-16-40-17-12-28)43-30-8-5-7-29(25-30)37(49)41-33-13-24-53-34-10-9-31(26-32(33)34)52-23-4-2-3-20-50-21-6-22-51-27-35(47)48/h5,7-12,16-17,25-26,33,43H,2-4,6,13-15,18-24,27H2,1H3,(H,41,49)(H,47,48)(H,42,44,45)/t33-/m1/s1. The highest BCUT2D eigenvalue weighted by Gasteiger charge is 2.39. The van der Waals surface area contributed by atoms with E-state index in [0.29, 0.717) is 57.3 Å². The van der Waals surface area contributed by atoms with Crippen molar-refractivity contribution in [2.45, 2.75) is 56.5 Å². The summed E-state index contributed by atoms with van der Waals surface area (Å²) >= 11 is 0. The number of nitrogens with one attached hydrogen (secondary N) is 3. The minimum Gasteiger partial charge on any atom is -0.494 e. The van der Waals surface area contributed by atoms with E-state index in [1.165, 1.54) is 0 Å². The number of amides is 1. The number of benzene rings is 2. The monoisotopic (exact) mass is 727 g/mol. The zero-order chi connectivity index (χ0) is 36.9. The van der Waals surface area contributed by atoms with Gasteiger partial charge in [0.05, 0.1) is 24.8 Å². The first kappa shape index (κ1) is 37.7. The molecule has 4 N–H and O–H groups in total. The topological polar surface area (TPSA) is 173 Å². The number of aromatic nitrogens is 4. The van der Waals surface area contributed by atoms with E-state index in [1.54, 1.807) is 12.4 Å². The van der Waals surface area contributed by atoms with Crippen molar-refractivity contribution in [1.82, 2.24) is 30.4 Å². The Kier molecular flexibility index (Phi) is 13.2. The molecule has 53 heavy (non-hydrogen) atoms. The maximum absolute atomic E-state index is 13.7. The van der Waals surface area contributed by atoms with Crippen LogP contribution in [0.3, 0.4) is 0 Å². The van der Waals surface area contributed by atoms with Crippen molar-refractivity contribution in [3.05, 3.63) is 83.9 Å². The molecule has 1 amide bonds. The van der Waals surface area contributed by atoms with Crippen LogP contribution in [0.1, 0.15) is 72.7 Å². The number of aliphatic carboxylic acids is 1. The number of aromatic amines is 1. The molecule has 0 unspecified atom stereocenters. The number of rotatable bonds is 19. The SMILES string of the molecule is CN1CCC(Nc2cccc(C(=O)N[C@@H]3CCOc4ccc(OCCCCCOCCCOCC(=O)O)cc43)c2)(c2nnc(-c3ccncc3)[nH]2)CC1. The van der Waals surface area contributed by atoms with Crippen molar-refractivity contribution in [2.75, 3.05) is 65.1 Å². The Morgan fingerprint density at radius 1 is 0.962 bits per heavy atom. The largest absolute Gasteiger partial charge is 0.494 e. The van der Waals surface area contributed by atoms with Gasteiger partial charge in [0.25, 0.3) is 5.91 Å². The molecule has 282 valence electrons. The number of hydrogen-bond acceptors (Lipinski definition) is 11. The predicted octanol–water partition coefficient (Wildman–Crippen LogP) is 5.21. The molecular weight excluding hydrogens is 678 g/mol. The maximum atomic E-state index is 13.7. The molecule has 4 heterocycles. The van der Waals surface area contributed by atoms with E-state index >= 15 is 0 Å². The van der Waals surface area contributed by atoms with Gasteiger partial charge in [0.2, 0.25) is 0 Å². The fraction of sp³-hybridized carbons (Fsp3) is 0.462. The zero-order valence-electron chi connectivity index (χ0n) is 30.2. The van der Waals surface area contributed by atoms with Crippen molar-refractivity contribution in [3.63, 3.8) is 0 Å². The van der Waals surface area contributed by atoms with Crippen LogP contribution in [-0.4, -0.2) is 102 Å². The van der Waals surface area contributed by atoms with E-state index < -0.39 is 11.5 Å². The molecule has 6 rings (SSSR count). The van der Waals surface area contributed by atoms with Crippen molar-refractivity contribution < 1.29 is 33.6 Å². The molecular formula is C39H49N7O7. The molecule has 1 fully saturated rings. The van der Waals surface area contributed by atoms with E-state index in [2.05, 4.69) is 42.7 Å².